The molecule has 0 bridgehead atoms. The lowest BCUT2D eigenvalue weighted by atomic mass is 10.1. The highest BCUT2D eigenvalue weighted by molar-refractivity contribution is 9.10. The molecule has 132 valence electrons. The van der Waals surface area contributed by atoms with Crippen LogP contribution in [0.25, 0.3) is 5.69 Å². The van der Waals surface area contributed by atoms with Crippen LogP contribution in [0.4, 0.5) is 0 Å². The van der Waals surface area contributed by atoms with Gasteiger partial charge in [0, 0.05) is 11.6 Å². The minimum absolute atomic E-state index is 0.151. The zero-order valence-corrected chi connectivity index (χ0v) is 17.5. The van der Waals surface area contributed by atoms with Gasteiger partial charge in [0.25, 0.3) is 0 Å². The fourth-order valence-corrected chi connectivity index (χ4v) is 3.57. The van der Waals surface area contributed by atoms with E-state index in [1.54, 1.807) is 0 Å². The summed E-state index contributed by atoms with van der Waals surface area (Å²) in [5.74, 6) is 1.07. The molecule has 0 saturated heterocycles. The highest BCUT2D eigenvalue weighted by atomic mass is 79.9. The summed E-state index contributed by atoms with van der Waals surface area (Å²) in [6.07, 6.45) is 0. The Morgan fingerprint density at radius 2 is 1.96 bits per heavy atom. The van der Waals surface area contributed by atoms with Crippen LogP contribution in [-0.2, 0) is 6.54 Å². The first kappa shape index (κ1) is 18.1. The molecule has 1 aromatic carbocycles. The number of hydrogen-bond donors (Lipinski definition) is 1. The molecule has 0 aliphatic carbocycles. The maximum atomic E-state index is 5.51. The van der Waals surface area contributed by atoms with Gasteiger partial charge in [0.15, 0.2) is 4.77 Å². The Hall–Kier alpha value is -1.73. The molecule has 1 N–H and O–H groups in total. The van der Waals surface area contributed by atoms with Crippen molar-refractivity contribution in [3.63, 3.8) is 0 Å². The smallest absolute Gasteiger partial charge is 0.199 e. The number of nitrogens with zero attached hydrogens (tertiary/aromatic N) is 4. The first-order valence-electron chi connectivity index (χ1n) is 8.24. The van der Waals surface area contributed by atoms with Crippen LogP contribution in [-0.4, -0.2) is 24.5 Å². The number of halogens is 1. The van der Waals surface area contributed by atoms with Gasteiger partial charge in [-0.05, 0) is 73.0 Å². The molecule has 2 heterocycles. The van der Waals surface area contributed by atoms with Gasteiger partial charge in [-0.3, -0.25) is 14.3 Å². The summed E-state index contributed by atoms with van der Waals surface area (Å²) in [4.78, 5) is 0. The van der Waals surface area contributed by atoms with Crippen molar-refractivity contribution in [1.29, 1.82) is 0 Å². The molecule has 3 aromatic rings. The Bertz CT molecular complexity index is 982. The van der Waals surface area contributed by atoms with Crippen molar-refractivity contribution in [2.24, 2.45) is 0 Å². The lowest BCUT2D eigenvalue weighted by molar-refractivity contribution is 0.506. The standard InChI is InChI=1S/C18H22BrN5S/c1-10-7-6-8-15(12(10)3)24-17(20-21-18(24)25)11(2)9-23-14(5)16(19)13(4)22-23/h6-8,11H,9H2,1-5H3,(H,21,25)/t11-/m1/s1. The molecule has 0 amide bonds. The third-order valence-electron chi connectivity index (χ3n) is 4.70. The van der Waals surface area contributed by atoms with E-state index in [1.165, 1.54) is 11.1 Å². The van der Waals surface area contributed by atoms with Gasteiger partial charge >= 0.3 is 0 Å². The van der Waals surface area contributed by atoms with Crippen LogP contribution in [0.2, 0.25) is 0 Å². The fraction of sp³-hybridized carbons (Fsp3) is 0.389. The lowest BCUT2D eigenvalue weighted by Gasteiger charge is -2.16. The van der Waals surface area contributed by atoms with Crippen molar-refractivity contribution < 1.29 is 0 Å². The maximum Gasteiger partial charge on any atom is 0.199 e. The van der Waals surface area contributed by atoms with E-state index < -0.39 is 0 Å². The summed E-state index contributed by atoms with van der Waals surface area (Å²) >= 11 is 9.10. The Kier molecular flexibility index (Phi) is 4.97. The van der Waals surface area contributed by atoms with Gasteiger partial charge in [0.1, 0.15) is 5.82 Å². The van der Waals surface area contributed by atoms with Crippen molar-refractivity contribution >= 4 is 28.1 Å². The van der Waals surface area contributed by atoms with Gasteiger partial charge in [-0.2, -0.15) is 10.2 Å². The third kappa shape index (κ3) is 3.22. The van der Waals surface area contributed by atoms with E-state index in [9.17, 15) is 0 Å². The number of hydrogen-bond acceptors (Lipinski definition) is 3. The molecule has 0 saturated carbocycles. The number of nitrogens with one attached hydrogen (secondary N) is 1. The van der Waals surface area contributed by atoms with E-state index in [0.29, 0.717) is 4.77 Å². The summed E-state index contributed by atoms with van der Waals surface area (Å²) < 4.78 is 5.75. The minimum atomic E-state index is 0.151. The largest absolute Gasteiger partial charge is 0.272 e. The van der Waals surface area contributed by atoms with Crippen LogP contribution >= 0.6 is 28.1 Å². The summed E-state index contributed by atoms with van der Waals surface area (Å²) in [6.45, 7) is 11.2. The van der Waals surface area contributed by atoms with E-state index in [-0.39, 0.29) is 5.92 Å². The Balaban J connectivity index is 2.03. The first-order valence-corrected chi connectivity index (χ1v) is 9.44. The molecule has 25 heavy (non-hydrogen) atoms. The monoisotopic (exact) mass is 419 g/mol. The molecule has 1 atom stereocenters. The number of aryl methyl sites for hydroxylation is 2. The molecule has 0 unspecified atom stereocenters. The van der Waals surface area contributed by atoms with Crippen molar-refractivity contribution in [2.45, 2.75) is 47.1 Å². The van der Waals surface area contributed by atoms with Crippen LogP contribution in [0.5, 0.6) is 0 Å². The quantitative estimate of drug-likeness (QED) is 0.610. The molecule has 7 heteroatoms. The molecule has 0 spiro atoms. The van der Waals surface area contributed by atoms with Crippen molar-refractivity contribution in [2.75, 3.05) is 0 Å². The van der Waals surface area contributed by atoms with Crippen LogP contribution < -0.4 is 0 Å². The molecule has 5 nitrogen and oxygen atoms in total. The molecule has 0 radical (unpaired) electrons. The summed E-state index contributed by atoms with van der Waals surface area (Å²) in [5.41, 5.74) is 5.65. The number of benzene rings is 1. The molecular formula is C18H22BrN5S. The summed E-state index contributed by atoms with van der Waals surface area (Å²) in [6, 6.07) is 6.25. The molecule has 0 aliphatic rings. The highest BCUT2D eigenvalue weighted by Gasteiger charge is 2.19. The van der Waals surface area contributed by atoms with E-state index >= 15 is 0 Å². The number of aromatic amines is 1. The van der Waals surface area contributed by atoms with Crippen molar-refractivity contribution in [3.8, 4) is 5.69 Å². The summed E-state index contributed by atoms with van der Waals surface area (Å²) in [5, 5.41) is 12.1. The normalized spacial score (nSPS) is 12.6. The first-order chi connectivity index (χ1) is 11.8. The molecule has 3 rings (SSSR count). The van der Waals surface area contributed by atoms with Gasteiger partial charge in [0.05, 0.1) is 22.4 Å². The Morgan fingerprint density at radius 3 is 2.60 bits per heavy atom. The lowest BCUT2D eigenvalue weighted by Crippen LogP contribution is -2.14. The SMILES string of the molecule is Cc1cccc(-n2c([C@H](C)Cn3nc(C)c(Br)c3C)n[nH]c2=S)c1C. The van der Waals surface area contributed by atoms with Crippen LogP contribution in [0.15, 0.2) is 22.7 Å². The van der Waals surface area contributed by atoms with Gasteiger partial charge in [0.2, 0.25) is 0 Å². The number of aromatic nitrogens is 5. The molecule has 0 fully saturated rings. The predicted molar refractivity (Wildman–Crippen MR) is 106 cm³/mol. The number of H-pyrrole nitrogens is 1. The fourth-order valence-electron chi connectivity index (χ4n) is 3.04. The Morgan fingerprint density at radius 1 is 1.24 bits per heavy atom. The molecule has 2 aromatic heterocycles. The highest BCUT2D eigenvalue weighted by Crippen LogP contribution is 2.26. The molecular weight excluding hydrogens is 398 g/mol. The van der Waals surface area contributed by atoms with Crippen LogP contribution in [0.1, 0.15) is 41.2 Å². The minimum Gasteiger partial charge on any atom is -0.272 e. The zero-order valence-electron chi connectivity index (χ0n) is 15.1. The van der Waals surface area contributed by atoms with E-state index in [4.69, 9.17) is 12.2 Å². The average Bonchev–Trinajstić information content (AvgIpc) is 3.06. The second kappa shape index (κ2) is 6.88. The van der Waals surface area contributed by atoms with Gasteiger partial charge in [-0.15, -0.1) is 0 Å². The number of rotatable bonds is 4. The van der Waals surface area contributed by atoms with Crippen LogP contribution in [0.3, 0.4) is 0 Å². The summed E-state index contributed by atoms with van der Waals surface area (Å²) in [7, 11) is 0. The van der Waals surface area contributed by atoms with E-state index in [1.807, 2.05) is 16.2 Å². The Labute approximate surface area is 161 Å². The molecule has 0 aliphatic heterocycles. The van der Waals surface area contributed by atoms with Crippen LogP contribution in [0, 0.1) is 32.5 Å². The van der Waals surface area contributed by atoms with Crippen molar-refractivity contribution in [3.05, 3.63) is 55.8 Å². The van der Waals surface area contributed by atoms with Gasteiger partial charge in [-0.25, -0.2) is 0 Å². The van der Waals surface area contributed by atoms with Gasteiger partial charge < -0.3 is 0 Å². The predicted octanol–water partition coefficient (Wildman–Crippen LogP) is 4.93. The third-order valence-corrected chi connectivity index (χ3v) is 6.12. The second-order valence-corrected chi connectivity index (χ2v) is 7.69. The van der Waals surface area contributed by atoms with Crippen molar-refractivity contribution in [1.82, 2.24) is 24.5 Å². The average molecular weight is 420 g/mol. The van der Waals surface area contributed by atoms with E-state index in [2.05, 4.69) is 77.1 Å². The zero-order chi connectivity index (χ0) is 18.3. The van der Waals surface area contributed by atoms with E-state index in [0.717, 1.165) is 33.9 Å². The second-order valence-electron chi connectivity index (χ2n) is 6.51. The topological polar surface area (TPSA) is 51.4 Å². The van der Waals surface area contributed by atoms with Gasteiger partial charge in [-0.1, -0.05) is 19.1 Å². The maximum absolute atomic E-state index is 5.51.